The lowest BCUT2D eigenvalue weighted by molar-refractivity contribution is -0.142. The maximum atomic E-state index is 11.4. The number of fused-ring (bicyclic) bond motifs is 2. The summed E-state index contributed by atoms with van der Waals surface area (Å²) in [5.74, 6) is 0.259. The van der Waals surface area contributed by atoms with Gasteiger partial charge in [-0.15, -0.1) is 0 Å². The van der Waals surface area contributed by atoms with Gasteiger partial charge in [0.1, 0.15) is 11.5 Å². The number of aliphatic carboxylic acids is 1. The van der Waals surface area contributed by atoms with Gasteiger partial charge < -0.3 is 20.4 Å². The number of carboxylic acid groups (broad SMARTS) is 1. The number of carboxylic acids is 1. The van der Waals surface area contributed by atoms with E-state index in [1.165, 1.54) is 0 Å². The molecule has 0 spiro atoms. The Labute approximate surface area is 189 Å². The van der Waals surface area contributed by atoms with Crippen LogP contribution < -0.4 is 5.73 Å². The molecule has 0 amide bonds. The van der Waals surface area contributed by atoms with E-state index in [4.69, 9.17) is 10.7 Å². The molecule has 2 aromatic heterocycles. The van der Waals surface area contributed by atoms with Crippen molar-refractivity contribution in [3.8, 4) is 11.4 Å². The lowest BCUT2D eigenvalue weighted by Crippen LogP contribution is -2.22. The number of H-pyrrole nitrogens is 1. The van der Waals surface area contributed by atoms with Gasteiger partial charge in [0, 0.05) is 22.0 Å². The van der Waals surface area contributed by atoms with Crippen LogP contribution in [-0.4, -0.2) is 25.6 Å². The molecule has 0 unspecified atom stereocenters. The van der Waals surface area contributed by atoms with E-state index in [1.807, 2.05) is 12.1 Å². The summed E-state index contributed by atoms with van der Waals surface area (Å²) in [6, 6.07) is 8.23. The van der Waals surface area contributed by atoms with Crippen molar-refractivity contribution >= 4 is 44.7 Å². The molecule has 1 saturated carbocycles. The van der Waals surface area contributed by atoms with E-state index in [9.17, 15) is 9.90 Å². The summed E-state index contributed by atoms with van der Waals surface area (Å²) in [5.41, 5.74) is 11.0. The number of halogens is 1. The number of allylic oxidation sites excluding steroid dienone is 2. The molecule has 1 fully saturated rings. The number of aromatic nitrogens is 3. The summed E-state index contributed by atoms with van der Waals surface area (Å²) in [4.78, 5) is 20.0. The zero-order chi connectivity index (χ0) is 21.5. The maximum absolute atomic E-state index is 11.4. The number of para-hydroxylation sites is 1. The van der Waals surface area contributed by atoms with Crippen LogP contribution in [0.25, 0.3) is 34.2 Å². The van der Waals surface area contributed by atoms with E-state index >= 15 is 0 Å². The predicted octanol–water partition coefficient (Wildman–Crippen LogP) is 5.72. The van der Waals surface area contributed by atoms with Gasteiger partial charge in [0.25, 0.3) is 0 Å². The summed E-state index contributed by atoms with van der Waals surface area (Å²) in [7, 11) is 0. The molecule has 160 valence electrons. The van der Waals surface area contributed by atoms with E-state index in [0.29, 0.717) is 12.8 Å². The number of nitrogens with zero attached hydrogens (tertiary/aromatic N) is 2. The Morgan fingerprint density at radius 2 is 2.03 bits per heavy atom. The Balaban J connectivity index is 1.64. The van der Waals surface area contributed by atoms with Crippen LogP contribution >= 0.6 is 15.9 Å². The second kappa shape index (κ2) is 8.04. The van der Waals surface area contributed by atoms with Gasteiger partial charge in [0.05, 0.1) is 28.5 Å². The van der Waals surface area contributed by atoms with Crippen molar-refractivity contribution in [1.29, 1.82) is 0 Å². The van der Waals surface area contributed by atoms with Gasteiger partial charge in [-0.1, -0.05) is 24.3 Å². The molecular formula is C24H25BrN4O2. The smallest absolute Gasteiger partial charge is 0.306 e. The van der Waals surface area contributed by atoms with Crippen molar-refractivity contribution < 1.29 is 9.90 Å². The van der Waals surface area contributed by atoms with Gasteiger partial charge >= 0.3 is 5.97 Å². The molecule has 5 rings (SSSR count). The number of rotatable bonds is 3. The fourth-order valence-electron chi connectivity index (χ4n) is 4.81. The van der Waals surface area contributed by atoms with Crippen LogP contribution in [0.3, 0.4) is 0 Å². The predicted molar refractivity (Wildman–Crippen MR) is 126 cm³/mol. The summed E-state index contributed by atoms with van der Waals surface area (Å²) in [6.07, 6.45) is 11.2. The summed E-state index contributed by atoms with van der Waals surface area (Å²) in [6.45, 7) is 0. The Morgan fingerprint density at radius 1 is 1.23 bits per heavy atom. The number of nitrogens with one attached hydrogen (secondary N) is 1. The van der Waals surface area contributed by atoms with Crippen LogP contribution in [0.4, 0.5) is 0 Å². The highest BCUT2D eigenvalue weighted by Gasteiger charge is 2.31. The first-order chi connectivity index (χ1) is 15.0. The van der Waals surface area contributed by atoms with Gasteiger partial charge in [-0.25, -0.2) is 4.98 Å². The van der Waals surface area contributed by atoms with Crippen LogP contribution in [0, 0.1) is 5.92 Å². The Morgan fingerprint density at radius 3 is 2.77 bits per heavy atom. The normalized spacial score (nSPS) is 24.1. The first-order valence-electron chi connectivity index (χ1n) is 10.8. The highest BCUT2D eigenvalue weighted by Crippen LogP contribution is 2.40. The van der Waals surface area contributed by atoms with Crippen LogP contribution in [0.5, 0.6) is 0 Å². The molecule has 0 radical (unpaired) electrons. The maximum Gasteiger partial charge on any atom is 0.306 e. The Hall–Kier alpha value is -2.80. The molecule has 6 nitrogen and oxygen atoms in total. The fraction of sp³-hybridized carbons (Fsp3) is 0.333. The molecular weight excluding hydrogens is 456 g/mol. The van der Waals surface area contributed by atoms with Gasteiger partial charge in [0.2, 0.25) is 0 Å². The van der Waals surface area contributed by atoms with Gasteiger partial charge in [-0.2, -0.15) is 0 Å². The summed E-state index contributed by atoms with van der Waals surface area (Å²) >= 11 is 3.63. The number of hydrogen-bond acceptors (Lipinski definition) is 3. The number of imidazole rings is 1. The Bertz CT molecular complexity index is 1210. The molecule has 1 aromatic carbocycles. The minimum absolute atomic E-state index is 0.219. The third kappa shape index (κ3) is 3.61. The van der Waals surface area contributed by atoms with E-state index in [-0.39, 0.29) is 11.8 Å². The average molecular weight is 481 g/mol. The lowest BCUT2D eigenvalue weighted by Gasteiger charge is -2.26. The molecule has 0 bridgehead atoms. The highest BCUT2D eigenvalue weighted by atomic mass is 79.9. The quantitative estimate of drug-likeness (QED) is 0.446. The fourth-order valence-corrected chi connectivity index (χ4v) is 5.29. The second-order valence-electron chi connectivity index (χ2n) is 8.43. The minimum Gasteiger partial charge on any atom is -0.481 e. The SMILES string of the molecule is N/C1=C/CC/C=C\n2c(C3CCC(C(=O)O)CC3)nc(-c3cc4cccc(Br)c4[nH]3)c21. The van der Waals surface area contributed by atoms with Gasteiger partial charge in [-0.05, 0) is 66.6 Å². The molecule has 0 saturated heterocycles. The number of aromatic amines is 1. The van der Waals surface area contributed by atoms with Crippen LogP contribution in [-0.2, 0) is 4.79 Å². The monoisotopic (exact) mass is 480 g/mol. The van der Waals surface area contributed by atoms with Crippen molar-refractivity contribution in [2.24, 2.45) is 11.7 Å². The van der Waals surface area contributed by atoms with Crippen molar-refractivity contribution in [3.05, 3.63) is 52.4 Å². The van der Waals surface area contributed by atoms with E-state index in [1.54, 1.807) is 0 Å². The van der Waals surface area contributed by atoms with Crippen LogP contribution in [0.2, 0.25) is 0 Å². The van der Waals surface area contributed by atoms with Crippen molar-refractivity contribution in [3.63, 3.8) is 0 Å². The van der Waals surface area contributed by atoms with Gasteiger partial charge in [-0.3, -0.25) is 4.79 Å². The number of hydrogen-bond donors (Lipinski definition) is 3. The molecule has 1 aliphatic heterocycles. The second-order valence-corrected chi connectivity index (χ2v) is 9.29. The summed E-state index contributed by atoms with van der Waals surface area (Å²) < 4.78 is 3.14. The number of benzene rings is 1. The topological polar surface area (TPSA) is 96.9 Å². The molecule has 0 atom stereocenters. The first-order valence-corrected chi connectivity index (χ1v) is 11.6. The molecule has 1 aliphatic carbocycles. The largest absolute Gasteiger partial charge is 0.481 e. The molecule has 3 heterocycles. The zero-order valence-corrected chi connectivity index (χ0v) is 18.7. The lowest BCUT2D eigenvalue weighted by atomic mass is 9.81. The van der Waals surface area contributed by atoms with Crippen molar-refractivity contribution in [2.45, 2.75) is 44.4 Å². The van der Waals surface area contributed by atoms with E-state index in [0.717, 1.165) is 69.7 Å². The van der Waals surface area contributed by atoms with Crippen molar-refractivity contribution in [2.75, 3.05) is 0 Å². The summed E-state index contributed by atoms with van der Waals surface area (Å²) in [5, 5.41) is 10.5. The first kappa shape index (κ1) is 20.1. The van der Waals surface area contributed by atoms with E-state index < -0.39 is 5.97 Å². The zero-order valence-electron chi connectivity index (χ0n) is 17.1. The third-order valence-corrected chi connectivity index (χ3v) is 7.13. The molecule has 3 aromatic rings. The molecule has 7 heteroatoms. The van der Waals surface area contributed by atoms with Crippen molar-refractivity contribution in [1.82, 2.24) is 14.5 Å². The van der Waals surface area contributed by atoms with Gasteiger partial charge in [0.15, 0.2) is 0 Å². The van der Waals surface area contributed by atoms with Crippen LogP contribution in [0.15, 0.2) is 40.9 Å². The van der Waals surface area contributed by atoms with Crippen LogP contribution in [0.1, 0.15) is 56.0 Å². The third-order valence-electron chi connectivity index (χ3n) is 6.47. The highest BCUT2D eigenvalue weighted by molar-refractivity contribution is 9.10. The average Bonchev–Trinajstić information content (AvgIpc) is 3.34. The van der Waals surface area contributed by atoms with E-state index in [2.05, 4.69) is 56.0 Å². The molecule has 2 aliphatic rings. The minimum atomic E-state index is -0.687. The molecule has 4 N–H and O–H groups in total. The number of nitrogens with two attached hydrogens (primary N) is 1. The molecule has 31 heavy (non-hydrogen) atoms. The Kier molecular flexibility index (Phi) is 5.22. The standard InChI is InChI=1S/C24H25BrN4O2/c25-17-6-4-5-16-13-19(27-20(16)17)21-22-18(26)7-2-1-3-12-29(22)23(28-21)14-8-10-15(11-9-14)24(30)31/h3-7,12-15,27H,1-2,8-11,26H2,(H,30,31)/b12-3-,18-7+. The number of carbonyl (C=O) groups is 1.